The van der Waals surface area contributed by atoms with Crippen molar-refractivity contribution in [3.05, 3.63) is 29.3 Å². The van der Waals surface area contributed by atoms with Gasteiger partial charge in [0.2, 0.25) is 0 Å². The number of nitrogens with one attached hydrogen (secondary N) is 1. The molecule has 4 saturated carbocycles. The van der Waals surface area contributed by atoms with E-state index in [4.69, 9.17) is 21.1 Å². The quantitative estimate of drug-likeness (QED) is 0.356. The predicted molar refractivity (Wildman–Crippen MR) is 173 cm³/mol. The average Bonchev–Trinajstić information content (AvgIpc) is 3.29. The first-order valence-electron chi connectivity index (χ1n) is 17.1. The van der Waals surface area contributed by atoms with Crippen LogP contribution in [0.15, 0.2) is 24.3 Å². The number of rotatable bonds is 3. The van der Waals surface area contributed by atoms with Crippen molar-refractivity contribution in [1.82, 2.24) is 0 Å². The smallest absolute Gasteiger partial charge is 0.411 e. The minimum absolute atomic E-state index is 0.0812. The van der Waals surface area contributed by atoms with Gasteiger partial charge in [0.15, 0.2) is 0 Å². The van der Waals surface area contributed by atoms with E-state index in [-0.39, 0.29) is 51.0 Å². The summed E-state index contributed by atoms with van der Waals surface area (Å²) >= 11 is 6.02. The largest absolute Gasteiger partial charge is 0.445 e. The number of halogens is 1. The molecule has 5 fully saturated rings. The van der Waals surface area contributed by atoms with Crippen molar-refractivity contribution in [2.24, 2.45) is 45.3 Å². The van der Waals surface area contributed by atoms with Crippen LogP contribution in [0, 0.1) is 45.3 Å². The van der Waals surface area contributed by atoms with E-state index in [0.717, 1.165) is 44.9 Å². The van der Waals surface area contributed by atoms with Gasteiger partial charge in [-0.15, -0.1) is 0 Å². The van der Waals surface area contributed by atoms with E-state index in [1.807, 2.05) is 0 Å². The first kappa shape index (κ1) is 31.7. The van der Waals surface area contributed by atoms with Gasteiger partial charge in [0, 0.05) is 16.1 Å². The number of amides is 1. The van der Waals surface area contributed by atoms with Gasteiger partial charge in [0.05, 0.1) is 17.3 Å². The van der Waals surface area contributed by atoms with Crippen LogP contribution in [0.2, 0.25) is 5.02 Å². The number of fused-ring (bicyclic) bond motifs is 5. The summed E-state index contributed by atoms with van der Waals surface area (Å²) in [6.07, 6.45) is 9.93. The van der Waals surface area contributed by atoms with Crippen LogP contribution in [-0.4, -0.2) is 34.6 Å². The van der Waals surface area contributed by atoms with Crippen molar-refractivity contribution in [3.63, 3.8) is 0 Å². The van der Waals surface area contributed by atoms with Crippen LogP contribution in [0.4, 0.5) is 10.5 Å². The molecule has 1 aliphatic heterocycles. The molecule has 1 aromatic rings. The summed E-state index contributed by atoms with van der Waals surface area (Å²) in [4.78, 5) is 13.0. The maximum atomic E-state index is 13.0. The van der Waals surface area contributed by atoms with Gasteiger partial charge in [-0.1, -0.05) is 46.2 Å². The van der Waals surface area contributed by atoms with Crippen molar-refractivity contribution < 1.29 is 19.4 Å². The average molecular weight is 614 g/mol. The molecule has 6 heteroatoms. The number of benzene rings is 1. The van der Waals surface area contributed by atoms with Gasteiger partial charge in [0.25, 0.3) is 0 Å². The van der Waals surface area contributed by atoms with Crippen LogP contribution in [0.25, 0.3) is 0 Å². The Kier molecular flexibility index (Phi) is 7.63. The van der Waals surface area contributed by atoms with Crippen LogP contribution in [0.3, 0.4) is 0 Å². The molecule has 0 bridgehead atoms. The monoisotopic (exact) mass is 613 g/mol. The molecule has 5 aliphatic rings. The van der Waals surface area contributed by atoms with E-state index in [0.29, 0.717) is 28.5 Å². The van der Waals surface area contributed by atoms with Crippen molar-refractivity contribution in [1.29, 1.82) is 0 Å². The SMILES string of the molecule is CC1(C)CCC[C@](C)([C@H]2CC[C@]3(C)[C@@H]2[C@H](O)C[C@@H]2[C@@]4(C)CC[C@H](OC(=O)Nc5ccc(Cl)cc5)C(C)(C)[C@@H]4CC[C@]23C)O1. The zero-order chi connectivity index (χ0) is 31.2. The van der Waals surface area contributed by atoms with Gasteiger partial charge in [-0.2, -0.15) is 0 Å². The molecule has 1 heterocycles. The molecule has 4 aliphatic carbocycles. The lowest BCUT2D eigenvalue weighted by atomic mass is 9.35. The van der Waals surface area contributed by atoms with E-state index in [2.05, 4.69) is 60.7 Å². The summed E-state index contributed by atoms with van der Waals surface area (Å²) in [5.41, 5.74) is 0.586. The highest BCUT2D eigenvalue weighted by Crippen LogP contribution is 2.76. The first-order valence-corrected chi connectivity index (χ1v) is 17.4. The summed E-state index contributed by atoms with van der Waals surface area (Å²) in [7, 11) is 0. The molecule has 0 aromatic heterocycles. The molecule has 1 aromatic carbocycles. The Labute approximate surface area is 265 Å². The first-order chi connectivity index (χ1) is 20.0. The second kappa shape index (κ2) is 10.4. The number of ether oxygens (including phenoxy) is 2. The number of aliphatic hydroxyl groups excluding tert-OH is 1. The molecule has 10 atom stereocenters. The minimum atomic E-state index is -0.397. The maximum absolute atomic E-state index is 13.0. The number of aliphatic hydroxyl groups is 1. The Morgan fingerprint density at radius 3 is 2.23 bits per heavy atom. The molecule has 0 radical (unpaired) electrons. The molecular formula is C37H56ClNO4. The van der Waals surface area contributed by atoms with Gasteiger partial charge >= 0.3 is 6.09 Å². The predicted octanol–water partition coefficient (Wildman–Crippen LogP) is 9.65. The zero-order valence-corrected chi connectivity index (χ0v) is 28.7. The summed E-state index contributed by atoms with van der Waals surface area (Å²) < 4.78 is 13.1. The number of hydrogen-bond donors (Lipinski definition) is 2. The molecule has 5 nitrogen and oxygen atoms in total. The lowest BCUT2D eigenvalue weighted by molar-refractivity contribution is -0.257. The Hall–Kier alpha value is -1.30. The van der Waals surface area contributed by atoms with Crippen molar-refractivity contribution in [2.75, 3.05) is 5.32 Å². The van der Waals surface area contributed by atoms with Gasteiger partial charge in [-0.25, -0.2) is 4.79 Å². The molecule has 1 saturated heterocycles. The molecule has 2 N–H and O–H groups in total. The van der Waals surface area contributed by atoms with Crippen molar-refractivity contribution in [3.8, 4) is 0 Å². The standard InChI is InChI=1S/C37H56ClNO4/c1-32(2)17-9-18-37(8,43-32)25-14-20-36(7)30(25)26(40)22-28-34(5)19-16-29(33(3,4)27(34)15-21-35(28,36)6)42-31(41)39-24-12-10-23(38)11-13-24/h10-13,25-30,40H,9,14-22H2,1-8H3,(H,39,41)/t25-,26+,27-,28+,29-,30-,34-,35+,36+,37+/m0/s1. The van der Waals surface area contributed by atoms with Crippen LogP contribution in [0.5, 0.6) is 0 Å². The van der Waals surface area contributed by atoms with Crippen LogP contribution in [0.1, 0.15) is 120 Å². The van der Waals surface area contributed by atoms with Gasteiger partial charge < -0.3 is 14.6 Å². The summed E-state index contributed by atoms with van der Waals surface area (Å²) in [5, 5.41) is 15.7. The van der Waals surface area contributed by atoms with Crippen molar-refractivity contribution >= 4 is 23.4 Å². The molecule has 0 spiro atoms. The van der Waals surface area contributed by atoms with Crippen molar-refractivity contribution in [2.45, 2.75) is 143 Å². The Bertz CT molecular complexity index is 1230. The molecule has 0 unspecified atom stereocenters. The number of anilines is 1. The highest BCUT2D eigenvalue weighted by atomic mass is 35.5. The fourth-order valence-corrected chi connectivity index (χ4v) is 12.4. The molecule has 6 rings (SSSR count). The number of carbonyl (C=O) groups excluding carboxylic acids is 1. The van der Waals surface area contributed by atoms with E-state index in [1.54, 1.807) is 24.3 Å². The highest BCUT2D eigenvalue weighted by molar-refractivity contribution is 6.30. The summed E-state index contributed by atoms with van der Waals surface area (Å²) in [5.74, 6) is 1.53. The molecule has 240 valence electrons. The lowest BCUT2D eigenvalue weighted by Crippen LogP contribution is -2.67. The summed E-state index contributed by atoms with van der Waals surface area (Å²) in [6.45, 7) is 19.1. The van der Waals surface area contributed by atoms with E-state index in [9.17, 15) is 9.90 Å². The van der Waals surface area contributed by atoms with E-state index < -0.39 is 6.09 Å². The van der Waals surface area contributed by atoms with Gasteiger partial charge in [0.1, 0.15) is 6.10 Å². The molecule has 43 heavy (non-hydrogen) atoms. The fourth-order valence-electron chi connectivity index (χ4n) is 12.3. The van der Waals surface area contributed by atoms with E-state index in [1.165, 1.54) is 19.3 Å². The van der Waals surface area contributed by atoms with Gasteiger partial charge in [-0.05, 0) is 149 Å². The number of hydrogen-bond acceptors (Lipinski definition) is 4. The fraction of sp³-hybridized carbons (Fsp3) is 0.811. The molecular weight excluding hydrogens is 558 g/mol. The topological polar surface area (TPSA) is 67.8 Å². The zero-order valence-electron chi connectivity index (χ0n) is 27.9. The minimum Gasteiger partial charge on any atom is -0.445 e. The third-order valence-corrected chi connectivity index (χ3v) is 14.7. The Morgan fingerprint density at radius 2 is 1.56 bits per heavy atom. The van der Waals surface area contributed by atoms with Crippen LogP contribution in [-0.2, 0) is 9.47 Å². The molecule has 1 amide bonds. The summed E-state index contributed by atoms with van der Waals surface area (Å²) in [6, 6.07) is 7.13. The normalized spacial score (nSPS) is 46.7. The van der Waals surface area contributed by atoms with Crippen LogP contribution < -0.4 is 5.32 Å². The Morgan fingerprint density at radius 1 is 0.884 bits per heavy atom. The maximum Gasteiger partial charge on any atom is 0.411 e. The second-order valence-corrected chi connectivity index (χ2v) is 17.8. The highest BCUT2D eigenvalue weighted by Gasteiger charge is 2.72. The van der Waals surface area contributed by atoms with Crippen LogP contribution >= 0.6 is 11.6 Å². The van der Waals surface area contributed by atoms with E-state index >= 15 is 0 Å². The number of carbonyl (C=O) groups is 1. The third kappa shape index (κ3) is 4.89. The second-order valence-electron chi connectivity index (χ2n) is 17.4. The van der Waals surface area contributed by atoms with Gasteiger partial charge in [-0.3, -0.25) is 5.32 Å². The third-order valence-electron chi connectivity index (χ3n) is 14.4. The Balaban J connectivity index is 1.23. The lowest BCUT2D eigenvalue weighted by Gasteiger charge is -2.70.